The van der Waals surface area contributed by atoms with Crippen LogP contribution in [0, 0.1) is 0 Å². The average Bonchev–Trinajstić information content (AvgIpc) is 1.83. The molecular weight excluding hydrogens is 96.1 g/mol. The minimum Gasteiger partial charge on any atom is -0.103 e. The van der Waals surface area contributed by atoms with Gasteiger partial charge in [-0.3, -0.25) is 0 Å². The number of rotatable bonds is 3. The van der Waals surface area contributed by atoms with Crippen LogP contribution in [0.25, 0.3) is 0 Å². The van der Waals surface area contributed by atoms with Crippen molar-refractivity contribution < 1.29 is 0 Å². The van der Waals surface area contributed by atoms with E-state index in [1.807, 2.05) is 6.08 Å². The summed E-state index contributed by atoms with van der Waals surface area (Å²) in [7, 11) is 0. The summed E-state index contributed by atoms with van der Waals surface area (Å²) in [6, 6.07) is 0. The third kappa shape index (κ3) is 3.66. The van der Waals surface area contributed by atoms with Crippen molar-refractivity contribution in [2.45, 2.75) is 26.7 Å². The first kappa shape index (κ1) is 7.48. The van der Waals surface area contributed by atoms with Crippen molar-refractivity contribution in [1.82, 2.24) is 0 Å². The minimum absolute atomic E-state index is 1.11. The van der Waals surface area contributed by atoms with Gasteiger partial charge in [0.15, 0.2) is 0 Å². The molecule has 0 bridgehead atoms. The summed E-state index contributed by atoms with van der Waals surface area (Å²) in [6.45, 7) is 7.85. The second kappa shape index (κ2) is 4.63. The van der Waals surface area contributed by atoms with Gasteiger partial charge in [0.2, 0.25) is 0 Å². The molecule has 0 aromatic rings. The van der Waals surface area contributed by atoms with E-state index in [-0.39, 0.29) is 0 Å². The topological polar surface area (TPSA) is 0 Å². The molecule has 0 rings (SSSR count). The van der Waals surface area contributed by atoms with Crippen molar-refractivity contribution in [2.75, 3.05) is 0 Å². The highest BCUT2D eigenvalue weighted by Gasteiger charge is 1.81. The Kier molecular flexibility index (Phi) is 4.33. The third-order valence-electron chi connectivity index (χ3n) is 1.24. The number of hydrogen-bond acceptors (Lipinski definition) is 0. The van der Waals surface area contributed by atoms with Crippen LogP contribution < -0.4 is 0 Å². The first-order valence-electron chi connectivity index (χ1n) is 3.04. The van der Waals surface area contributed by atoms with E-state index in [0.717, 1.165) is 6.42 Å². The summed E-state index contributed by atoms with van der Waals surface area (Å²) in [5.74, 6) is 0. The standard InChI is InChI=1S/C8H14/c1-4-6-7-8(3)5-2/h4-5H,1,6-7H2,2-3H3. The van der Waals surface area contributed by atoms with Gasteiger partial charge >= 0.3 is 0 Å². The zero-order chi connectivity index (χ0) is 6.41. The van der Waals surface area contributed by atoms with Crippen molar-refractivity contribution >= 4 is 0 Å². The predicted molar refractivity (Wildman–Crippen MR) is 38.9 cm³/mol. The number of hydrogen-bond donors (Lipinski definition) is 0. The summed E-state index contributed by atoms with van der Waals surface area (Å²) in [6.07, 6.45) is 6.37. The monoisotopic (exact) mass is 110 g/mol. The largest absolute Gasteiger partial charge is 0.103 e. The molecule has 0 saturated carbocycles. The van der Waals surface area contributed by atoms with Gasteiger partial charge in [0, 0.05) is 0 Å². The van der Waals surface area contributed by atoms with E-state index in [0.29, 0.717) is 0 Å². The van der Waals surface area contributed by atoms with Crippen LogP contribution in [0.3, 0.4) is 0 Å². The first-order chi connectivity index (χ1) is 3.81. The molecule has 0 saturated heterocycles. The van der Waals surface area contributed by atoms with Crippen LogP contribution in [0.4, 0.5) is 0 Å². The smallest absolute Gasteiger partial charge is 0.0289 e. The van der Waals surface area contributed by atoms with Crippen LogP contribution in [0.15, 0.2) is 24.3 Å². The summed E-state index contributed by atoms with van der Waals surface area (Å²) in [4.78, 5) is 0. The molecule has 0 aliphatic heterocycles. The Bertz CT molecular complexity index is 88.2. The lowest BCUT2D eigenvalue weighted by Gasteiger charge is -1.92. The van der Waals surface area contributed by atoms with Crippen LogP contribution in [-0.2, 0) is 0 Å². The molecule has 0 atom stereocenters. The maximum absolute atomic E-state index is 3.64. The Morgan fingerprint density at radius 3 is 2.62 bits per heavy atom. The fourth-order valence-electron chi connectivity index (χ4n) is 0.474. The van der Waals surface area contributed by atoms with Gasteiger partial charge in [0.25, 0.3) is 0 Å². The molecule has 0 aliphatic carbocycles. The van der Waals surface area contributed by atoms with Gasteiger partial charge in [-0.1, -0.05) is 17.7 Å². The maximum atomic E-state index is 3.64. The van der Waals surface area contributed by atoms with E-state index in [1.54, 1.807) is 0 Å². The fraction of sp³-hybridized carbons (Fsp3) is 0.500. The van der Waals surface area contributed by atoms with Gasteiger partial charge in [-0.15, -0.1) is 6.58 Å². The van der Waals surface area contributed by atoms with E-state index in [2.05, 4.69) is 26.5 Å². The van der Waals surface area contributed by atoms with Gasteiger partial charge < -0.3 is 0 Å². The molecular formula is C8H14. The molecule has 0 unspecified atom stereocenters. The number of allylic oxidation sites excluding steroid dienone is 3. The molecule has 0 aliphatic rings. The first-order valence-corrected chi connectivity index (χ1v) is 3.04. The molecule has 0 N–H and O–H groups in total. The highest BCUT2D eigenvalue weighted by atomic mass is 13.9. The van der Waals surface area contributed by atoms with Crippen LogP contribution in [0.1, 0.15) is 26.7 Å². The van der Waals surface area contributed by atoms with Gasteiger partial charge in [0.1, 0.15) is 0 Å². The Balaban J connectivity index is 3.24. The Morgan fingerprint density at radius 2 is 2.25 bits per heavy atom. The molecule has 0 heterocycles. The second-order valence-corrected chi connectivity index (χ2v) is 1.96. The van der Waals surface area contributed by atoms with E-state index in [4.69, 9.17) is 0 Å². The van der Waals surface area contributed by atoms with E-state index >= 15 is 0 Å². The summed E-state index contributed by atoms with van der Waals surface area (Å²) in [5, 5.41) is 0. The maximum Gasteiger partial charge on any atom is -0.0289 e. The molecule has 46 valence electrons. The van der Waals surface area contributed by atoms with Crippen LogP contribution in [-0.4, -0.2) is 0 Å². The Morgan fingerprint density at radius 1 is 1.62 bits per heavy atom. The second-order valence-electron chi connectivity index (χ2n) is 1.96. The lowest BCUT2D eigenvalue weighted by atomic mass is 10.1. The van der Waals surface area contributed by atoms with Gasteiger partial charge in [-0.05, 0) is 26.7 Å². The summed E-state index contributed by atoms with van der Waals surface area (Å²) in [5.41, 5.74) is 1.45. The third-order valence-corrected chi connectivity index (χ3v) is 1.24. The lowest BCUT2D eigenvalue weighted by molar-refractivity contribution is 0.976. The molecule has 8 heavy (non-hydrogen) atoms. The fourth-order valence-corrected chi connectivity index (χ4v) is 0.474. The predicted octanol–water partition coefficient (Wildman–Crippen LogP) is 2.92. The van der Waals surface area contributed by atoms with Crippen molar-refractivity contribution in [1.29, 1.82) is 0 Å². The zero-order valence-electron chi connectivity index (χ0n) is 5.78. The van der Waals surface area contributed by atoms with Crippen molar-refractivity contribution in [3.63, 3.8) is 0 Å². The molecule has 0 amide bonds. The van der Waals surface area contributed by atoms with Crippen molar-refractivity contribution in [3.05, 3.63) is 24.3 Å². The zero-order valence-corrected chi connectivity index (χ0v) is 5.78. The Labute approximate surface area is 51.9 Å². The minimum atomic E-state index is 1.11. The van der Waals surface area contributed by atoms with Crippen LogP contribution in [0.2, 0.25) is 0 Å². The highest BCUT2D eigenvalue weighted by Crippen LogP contribution is 2.02. The van der Waals surface area contributed by atoms with Gasteiger partial charge in [0.05, 0.1) is 0 Å². The van der Waals surface area contributed by atoms with Crippen molar-refractivity contribution in [2.24, 2.45) is 0 Å². The normalized spacial score (nSPS) is 11.5. The molecule has 0 heteroatoms. The van der Waals surface area contributed by atoms with Gasteiger partial charge in [-0.2, -0.15) is 0 Å². The van der Waals surface area contributed by atoms with E-state index in [1.165, 1.54) is 12.0 Å². The van der Waals surface area contributed by atoms with E-state index in [9.17, 15) is 0 Å². The average molecular weight is 110 g/mol. The lowest BCUT2D eigenvalue weighted by Crippen LogP contribution is -1.71. The highest BCUT2D eigenvalue weighted by molar-refractivity contribution is 4.96. The van der Waals surface area contributed by atoms with Gasteiger partial charge in [-0.25, -0.2) is 0 Å². The molecule has 0 spiro atoms. The molecule has 0 aromatic carbocycles. The SMILES string of the molecule is C=CCCC(C)=CC. The summed E-state index contributed by atoms with van der Waals surface area (Å²) < 4.78 is 0. The molecule has 0 nitrogen and oxygen atoms in total. The van der Waals surface area contributed by atoms with E-state index < -0.39 is 0 Å². The quantitative estimate of drug-likeness (QED) is 0.490. The molecule has 0 aromatic heterocycles. The molecule has 0 fully saturated rings. The van der Waals surface area contributed by atoms with Crippen LogP contribution in [0.5, 0.6) is 0 Å². The Hall–Kier alpha value is -0.520. The molecule has 0 radical (unpaired) electrons. The summed E-state index contributed by atoms with van der Waals surface area (Å²) >= 11 is 0. The van der Waals surface area contributed by atoms with Crippen molar-refractivity contribution in [3.8, 4) is 0 Å². The van der Waals surface area contributed by atoms with Crippen LogP contribution >= 0.6 is 0 Å².